The van der Waals surface area contributed by atoms with E-state index in [-0.39, 0.29) is 5.91 Å². The van der Waals surface area contributed by atoms with Crippen molar-refractivity contribution in [1.29, 1.82) is 0 Å². The first-order chi connectivity index (χ1) is 14.1. The van der Waals surface area contributed by atoms with E-state index in [0.29, 0.717) is 18.0 Å². The lowest BCUT2D eigenvalue weighted by Gasteiger charge is -2.15. The van der Waals surface area contributed by atoms with Crippen molar-refractivity contribution in [1.82, 2.24) is 9.47 Å². The second-order valence-electron chi connectivity index (χ2n) is 7.32. The summed E-state index contributed by atoms with van der Waals surface area (Å²) in [4.78, 5) is 15.3. The molecule has 0 fully saturated rings. The van der Waals surface area contributed by atoms with Crippen LogP contribution in [0.3, 0.4) is 0 Å². The van der Waals surface area contributed by atoms with Crippen LogP contribution in [0.5, 0.6) is 11.5 Å². The summed E-state index contributed by atoms with van der Waals surface area (Å²) in [6.45, 7) is 3.45. The summed E-state index contributed by atoms with van der Waals surface area (Å²) in [5.41, 5.74) is 4.93. The van der Waals surface area contributed by atoms with E-state index in [9.17, 15) is 4.79 Å². The highest BCUT2D eigenvalue weighted by Gasteiger charge is 2.33. The summed E-state index contributed by atoms with van der Waals surface area (Å²) in [5.74, 6) is 1.35. The van der Waals surface area contributed by atoms with Gasteiger partial charge in [-0.3, -0.25) is 4.79 Å². The molecule has 4 rings (SSSR count). The van der Waals surface area contributed by atoms with Crippen molar-refractivity contribution in [3.05, 3.63) is 59.8 Å². The Balaban J connectivity index is 1.94. The van der Waals surface area contributed by atoms with Crippen molar-refractivity contribution in [2.75, 3.05) is 27.3 Å². The molecule has 3 aromatic rings. The molecule has 0 N–H and O–H groups in total. The maximum absolute atomic E-state index is 13.4. The Morgan fingerprint density at radius 2 is 1.79 bits per heavy atom. The van der Waals surface area contributed by atoms with Crippen LogP contribution < -0.4 is 9.47 Å². The monoisotopic (exact) mass is 390 g/mol. The van der Waals surface area contributed by atoms with Gasteiger partial charge in [0.05, 0.1) is 19.8 Å². The molecule has 0 radical (unpaired) electrons. The molecule has 0 atom stereocenters. The summed E-state index contributed by atoms with van der Waals surface area (Å²) in [6.07, 6.45) is 3.05. The van der Waals surface area contributed by atoms with Crippen LogP contribution in [0, 0.1) is 0 Å². The molecule has 0 spiro atoms. The maximum Gasteiger partial charge on any atom is 0.255 e. The molecule has 0 saturated carbocycles. The molecule has 0 unspecified atom stereocenters. The number of ether oxygens (including phenoxy) is 2. The highest BCUT2D eigenvalue weighted by Crippen LogP contribution is 2.40. The number of para-hydroxylation sites is 1. The average Bonchev–Trinajstić information content (AvgIpc) is 3.25. The van der Waals surface area contributed by atoms with Gasteiger partial charge in [0.1, 0.15) is 0 Å². The molecule has 2 heterocycles. The van der Waals surface area contributed by atoms with Gasteiger partial charge in [0, 0.05) is 42.8 Å². The highest BCUT2D eigenvalue weighted by atomic mass is 16.5. The Morgan fingerprint density at radius 1 is 1.03 bits per heavy atom. The van der Waals surface area contributed by atoms with Gasteiger partial charge in [0.2, 0.25) is 0 Å². The molecule has 5 heteroatoms. The molecule has 1 aliphatic heterocycles. The average molecular weight is 390 g/mol. The highest BCUT2D eigenvalue weighted by molar-refractivity contribution is 6.31. The van der Waals surface area contributed by atoms with Crippen LogP contribution in [0.4, 0.5) is 0 Å². The number of amides is 1. The molecule has 1 amide bonds. The number of benzene rings is 2. The van der Waals surface area contributed by atoms with Gasteiger partial charge in [-0.25, -0.2) is 0 Å². The molecule has 5 nitrogen and oxygen atoms in total. The van der Waals surface area contributed by atoms with E-state index >= 15 is 0 Å². The minimum Gasteiger partial charge on any atom is -0.493 e. The maximum atomic E-state index is 13.4. The van der Waals surface area contributed by atoms with Gasteiger partial charge in [-0.15, -0.1) is 0 Å². The number of carbonyl (C=O) groups excluding carboxylic acids is 1. The van der Waals surface area contributed by atoms with E-state index in [1.54, 1.807) is 14.2 Å². The zero-order chi connectivity index (χ0) is 20.5. The van der Waals surface area contributed by atoms with Gasteiger partial charge in [0.15, 0.2) is 11.5 Å². The molecule has 0 saturated heterocycles. The van der Waals surface area contributed by atoms with Crippen molar-refractivity contribution in [2.45, 2.75) is 13.3 Å². The summed E-state index contributed by atoms with van der Waals surface area (Å²) in [5, 5.41) is 1.16. The van der Waals surface area contributed by atoms with Gasteiger partial charge in [-0.2, -0.15) is 0 Å². The second-order valence-corrected chi connectivity index (χ2v) is 7.32. The Labute approximate surface area is 171 Å². The molecule has 29 heavy (non-hydrogen) atoms. The van der Waals surface area contributed by atoms with Crippen LogP contribution in [-0.4, -0.2) is 42.7 Å². The first-order valence-corrected chi connectivity index (χ1v) is 9.88. The van der Waals surface area contributed by atoms with Crippen LogP contribution in [0.1, 0.15) is 24.5 Å². The Morgan fingerprint density at radius 3 is 2.52 bits per heavy atom. The third kappa shape index (κ3) is 3.16. The standard InChI is InChI=1S/C24H26N2O3/c1-5-12-26-15-19(18-14-25(2)20-9-7-6-8-17(18)20)23(24(26)27)16-10-11-21(28-3)22(13-16)29-4/h6-11,13-14H,5,12,15H2,1-4H3. The Bertz CT molecular complexity index is 1110. The van der Waals surface area contributed by atoms with Gasteiger partial charge >= 0.3 is 0 Å². The first-order valence-electron chi connectivity index (χ1n) is 9.88. The summed E-state index contributed by atoms with van der Waals surface area (Å²) in [6, 6.07) is 14.0. The summed E-state index contributed by atoms with van der Waals surface area (Å²) >= 11 is 0. The third-order valence-electron chi connectivity index (χ3n) is 5.54. The van der Waals surface area contributed by atoms with Crippen molar-refractivity contribution < 1.29 is 14.3 Å². The lowest BCUT2D eigenvalue weighted by atomic mass is 9.96. The lowest BCUT2D eigenvalue weighted by molar-refractivity contribution is -0.123. The molecule has 0 bridgehead atoms. The third-order valence-corrected chi connectivity index (χ3v) is 5.54. The lowest BCUT2D eigenvalue weighted by Crippen LogP contribution is -2.27. The minimum atomic E-state index is 0.0713. The Kier molecular flexibility index (Phi) is 5.05. The van der Waals surface area contributed by atoms with Crippen LogP contribution in [-0.2, 0) is 11.8 Å². The first kappa shape index (κ1) is 19.1. The number of hydrogen-bond donors (Lipinski definition) is 0. The zero-order valence-electron chi connectivity index (χ0n) is 17.4. The van der Waals surface area contributed by atoms with Crippen LogP contribution in [0.25, 0.3) is 22.0 Å². The molecule has 0 aliphatic carbocycles. The number of fused-ring (bicyclic) bond motifs is 1. The van der Waals surface area contributed by atoms with E-state index in [2.05, 4.69) is 29.8 Å². The molecule has 1 aliphatic rings. The SMILES string of the molecule is CCCN1CC(c2cn(C)c3ccccc23)=C(c2ccc(OC)c(OC)c2)C1=O. The van der Waals surface area contributed by atoms with Gasteiger partial charge in [-0.05, 0) is 35.8 Å². The molecular formula is C24H26N2O3. The summed E-state index contributed by atoms with van der Waals surface area (Å²) < 4.78 is 13.0. The number of aryl methyl sites for hydroxylation is 1. The number of methoxy groups -OCH3 is 2. The zero-order valence-corrected chi connectivity index (χ0v) is 17.4. The van der Waals surface area contributed by atoms with Gasteiger partial charge < -0.3 is 18.9 Å². The topological polar surface area (TPSA) is 43.7 Å². The molecular weight excluding hydrogens is 364 g/mol. The molecule has 2 aromatic carbocycles. The fourth-order valence-corrected chi connectivity index (χ4v) is 4.17. The minimum absolute atomic E-state index is 0.0713. The van der Waals surface area contributed by atoms with Crippen molar-refractivity contribution in [2.24, 2.45) is 7.05 Å². The largest absolute Gasteiger partial charge is 0.493 e. The predicted octanol–water partition coefficient (Wildman–Crippen LogP) is 4.36. The van der Waals surface area contributed by atoms with E-state index in [1.165, 1.54) is 0 Å². The van der Waals surface area contributed by atoms with E-state index in [0.717, 1.165) is 46.1 Å². The Hall–Kier alpha value is -3.21. The van der Waals surface area contributed by atoms with Crippen molar-refractivity contribution >= 4 is 28.0 Å². The smallest absolute Gasteiger partial charge is 0.255 e. The number of carbonyl (C=O) groups is 1. The van der Waals surface area contributed by atoms with E-state index in [1.807, 2.05) is 42.3 Å². The number of rotatable bonds is 6. The van der Waals surface area contributed by atoms with Gasteiger partial charge in [-0.1, -0.05) is 31.2 Å². The second kappa shape index (κ2) is 7.66. The molecule has 150 valence electrons. The predicted molar refractivity (Wildman–Crippen MR) is 116 cm³/mol. The number of hydrogen-bond acceptors (Lipinski definition) is 3. The normalized spacial score (nSPS) is 14.2. The van der Waals surface area contributed by atoms with Crippen LogP contribution >= 0.6 is 0 Å². The van der Waals surface area contributed by atoms with E-state index in [4.69, 9.17) is 9.47 Å². The molecule has 1 aromatic heterocycles. The fraction of sp³-hybridized carbons (Fsp3) is 0.292. The fourth-order valence-electron chi connectivity index (χ4n) is 4.17. The summed E-state index contributed by atoms with van der Waals surface area (Å²) in [7, 11) is 5.27. The van der Waals surface area contributed by atoms with E-state index < -0.39 is 0 Å². The number of aromatic nitrogens is 1. The van der Waals surface area contributed by atoms with Crippen LogP contribution in [0.15, 0.2) is 48.7 Å². The number of nitrogens with zero attached hydrogens (tertiary/aromatic N) is 2. The van der Waals surface area contributed by atoms with Crippen molar-refractivity contribution in [3.8, 4) is 11.5 Å². The quantitative estimate of drug-likeness (QED) is 0.628. The van der Waals surface area contributed by atoms with Crippen LogP contribution in [0.2, 0.25) is 0 Å². The van der Waals surface area contributed by atoms with Gasteiger partial charge in [0.25, 0.3) is 5.91 Å². The van der Waals surface area contributed by atoms with Crippen molar-refractivity contribution in [3.63, 3.8) is 0 Å².